The maximum absolute atomic E-state index is 13.4. The van der Waals surface area contributed by atoms with Gasteiger partial charge in [-0.2, -0.15) is 0 Å². The zero-order chi connectivity index (χ0) is 24.8. The van der Waals surface area contributed by atoms with Crippen molar-refractivity contribution in [1.29, 1.82) is 0 Å². The first kappa shape index (κ1) is 24.8. The van der Waals surface area contributed by atoms with Crippen LogP contribution in [0.15, 0.2) is 78.6 Å². The number of carbonyl (C=O) groups excluding carboxylic acids is 1. The van der Waals surface area contributed by atoms with Crippen molar-refractivity contribution < 1.29 is 22.3 Å². The SMILES string of the molecule is C=CCn1c(CN(C[C@H]2CCCO2)C(=O)c2ccc(F)cc2)cnc1S(=O)(=O)Cc1ccccc1. The largest absolute Gasteiger partial charge is 0.376 e. The average molecular weight is 498 g/mol. The molecule has 184 valence electrons. The second kappa shape index (κ2) is 11.0. The molecular formula is C26H28FN3O4S. The van der Waals surface area contributed by atoms with Crippen LogP contribution in [0.2, 0.25) is 0 Å². The van der Waals surface area contributed by atoms with Gasteiger partial charge in [0.25, 0.3) is 5.91 Å². The number of ether oxygens (including phenoxy) is 1. The zero-order valence-corrected chi connectivity index (χ0v) is 20.2. The van der Waals surface area contributed by atoms with Crippen molar-refractivity contribution in [3.05, 3.63) is 96.1 Å². The predicted octanol–water partition coefficient (Wildman–Crippen LogP) is 4.00. The molecule has 0 radical (unpaired) electrons. The van der Waals surface area contributed by atoms with Gasteiger partial charge in [-0.1, -0.05) is 36.4 Å². The number of nitrogens with zero attached hydrogens (tertiary/aromatic N) is 3. The van der Waals surface area contributed by atoms with E-state index in [2.05, 4.69) is 11.6 Å². The molecule has 0 spiro atoms. The van der Waals surface area contributed by atoms with E-state index < -0.39 is 15.7 Å². The molecule has 35 heavy (non-hydrogen) atoms. The molecule has 7 nitrogen and oxygen atoms in total. The summed E-state index contributed by atoms with van der Waals surface area (Å²) in [5.74, 6) is -0.902. The normalized spacial score (nSPS) is 15.7. The lowest BCUT2D eigenvalue weighted by Crippen LogP contribution is -2.37. The summed E-state index contributed by atoms with van der Waals surface area (Å²) in [6, 6.07) is 14.3. The molecule has 2 heterocycles. The number of aromatic nitrogens is 2. The van der Waals surface area contributed by atoms with Gasteiger partial charge >= 0.3 is 0 Å². The van der Waals surface area contributed by atoms with Crippen molar-refractivity contribution in [2.45, 2.75) is 42.9 Å². The Kier molecular flexibility index (Phi) is 7.77. The van der Waals surface area contributed by atoms with Gasteiger partial charge in [0.2, 0.25) is 15.0 Å². The fourth-order valence-electron chi connectivity index (χ4n) is 4.17. The van der Waals surface area contributed by atoms with Crippen LogP contribution in [0.4, 0.5) is 4.39 Å². The van der Waals surface area contributed by atoms with E-state index in [1.165, 1.54) is 30.5 Å². The van der Waals surface area contributed by atoms with E-state index in [4.69, 9.17) is 4.74 Å². The fraction of sp³-hybridized carbons (Fsp3) is 0.308. The number of amides is 1. The standard InChI is InChI=1S/C26H28FN3O4S/c1-2-14-30-23(16-28-26(30)35(32,33)19-20-7-4-3-5-8-20)17-29(18-24-9-6-15-34-24)25(31)21-10-12-22(27)13-11-21/h2-5,7-8,10-13,16,24H,1,6,9,14-15,17-19H2/t24-/m1/s1. The third kappa shape index (κ3) is 6.04. The van der Waals surface area contributed by atoms with E-state index >= 15 is 0 Å². The summed E-state index contributed by atoms with van der Waals surface area (Å²) < 4.78 is 47.1. The van der Waals surface area contributed by atoms with E-state index in [0.29, 0.717) is 30.0 Å². The summed E-state index contributed by atoms with van der Waals surface area (Å²) in [4.78, 5) is 19.2. The zero-order valence-electron chi connectivity index (χ0n) is 19.3. The lowest BCUT2D eigenvalue weighted by molar-refractivity contribution is 0.0501. The summed E-state index contributed by atoms with van der Waals surface area (Å²) in [6.07, 6.45) is 4.72. The summed E-state index contributed by atoms with van der Waals surface area (Å²) in [5.41, 5.74) is 1.56. The van der Waals surface area contributed by atoms with Crippen molar-refractivity contribution in [3.8, 4) is 0 Å². The molecule has 0 bridgehead atoms. The van der Waals surface area contributed by atoms with Gasteiger partial charge in [-0.25, -0.2) is 17.8 Å². The highest BCUT2D eigenvalue weighted by Crippen LogP contribution is 2.21. The molecule has 1 aromatic heterocycles. The molecule has 0 saturated carbocycles. The number of benzene rings is 2. The van der Waals surface area contributed by atoms with Gasteiger partial charge in [-0.15, -0.1) is 6.58 Å². The monoisotopic (exact) mass is 497 g/mol. The first-order valence-corrected chi connectivity index (χ1v) is 13.1. The van der Waals surface area contributed by atoms with Gasteiger partial charge in [-0.3, -0.25) is 4.79 Å². The lowest BCUT2D eigenvalue weighted by atomic mass is 10.1. The van der Waals surface area contributed by atoms with Crippen molar-refractivity contribution in [2.24, 2.45) is 0 Å². The molecule has 3 aromatic rings. The molecule has 0 unspecified atom stereocenters. The smallest absolute Gasteiger partial charge is 0.254 e. The number of sulfone groups is 1. The molecule has 4 rings (SSSR count). The average Bonchev–Trinajstić information content (AvgIpc) is 3.50. The van der Waals surface area contributed by atoms with Gasteiger partial charge in [0.1, 0.15) is 5.82 Å². The van der Waals surface area contributed by atoms with E-state index in [1.807, 2.05) is 6.07 Å². The Balaban J connectivity index is 1.64. The first-order chi connectivity index (χ1) is 16.9. The molecule has 2 aromatic carbocycles. The Morgan fingerprint density at radius 2 is 1.94 bits per heavy atom. The Morgan fingerprint density at radius 1 is 1.20 bits per heavy atom. The van der Waals surface area contributed by atoms with Crippen LogP contribution in [0.25, 0.3) is 0 Å². The summed E-state index contributed by atoms with van der Waals surface area (Å²) in [7, 11) is -3.75. The first-order valence-electron chi connectivity index (χ1n) is 11.5. The highest BCUT2D eigenvalue weighted by atomic mass is 32.2. The Morgan fingerprint density at radius 3 is 2.60 bits per heavy atom. The quantitative estimate of drug-likeness (QED) is 0.396. The topological polar surface area (TPSA) is 81.5 Å². The van der Waals surface area contributed by atoms with Gasteiger partial charge < -0.3 is 14.2 Å². The second-order valence-electron chi connectivity index (χ2n) is 8.50. The predicted molar refractivity (Wildman–Crippen MR) is 130 cm³/mol. The van der Waals surface area contributed by atoms with Crippen molar-refractivity contribution in [1.82, 2.24) is 14.5 Å². The molecule has 1 atom stereocenters. The van der Waals surface area contributed by atoms with Crippen LogP contribution >= 0.6 is 0 Å². The molecule has 0 N–H and O–H groups in total. The Labute approximate surface area is 204 Å². The molecular weight excluding hydrogens is 469 g/mol. The summed E-state index contributed by atoms with van der Waals surface area (Å²) in [5, 5.41) is -0.0671. The molecule has 1 saturated heterocycles. The minimum absolute atomic E-state index is 0.0671. The van der Waals surface area contributed by atoms with E-state index in [0.717, 1.165) is 12.8 Å². The van der Waals surface area contributed by atoms with Crippen LogP contribution in [0, 0.1) is 5.82 Å². The van der Waals surface area contributed by atoms with Gasteiger partial charge in [-0.05, 0) is 42.7 Å². The van der Waals surface area contributed by atoms with Crippen molar-refractivity contribution >= 4 is 15.7 Å². The van der Waals surface area contributed by atoms with Crippen LogP contribution in [0.3, 0.4) is 0 Å². The molecule has 1 amide bonds. The lowest BCUT2D eigenvalue weighted by Gasteiger charge is -2.26. The van der Waals surface area contributed by atoms with Crippen molar-refractivity contribution in [3.63, 3.8) is 0 Å². The molecule has 1 aliphatic rings. The third-order valence-electron chi connectivity index (χ3n) is 5.87. The number of carbonyl (C=O) groups is 1. The number of imidazole rings is 1. The van der Waals surface area contributed by atoms with Crippen LogP contribution in [0.5, 0.6) is 0 Å². The van der Waals surface area contributed by atoms with E-state index in [9.17, 15) is 17.6 Å². The maximum atomic E-state index is 13.4. The third-order valence-corrected chi connectivity index (χ3v) is 7.47. The molecule has 1 aliphatic heterocycles. The second-order valence-corrected chi connectivity index (χ2v) is 10.4. The summed E-state index contributed by atoms with van der Waals surface area (Å²) in [6.45, 7) is 5.07. The minimum Gasteiger partial charge on any atom is -0.376 e. The highest BCUT2D eigenvalue weighted by molar-refractivity contribution is 7.90. The van der Waals surface area contributed by atoms with Gasteiger partial charge in [0, 0.05) is 25.3 Å². The van der Waals surface area contributed by atoms with Crippen LogP contribution < -0.4 is 0 Å². The van der Waals surface area contributed by atoms with Crippen LogP contribution in [0.1, 0.15) is 34.5 Å². The maximum Gasteiger partial charge on any atom is 0.254 e. The van der Waals surface area contributed by atoms with Crippen LogP contribution in [-0.4, -0.2) is 48.0 Å². The molecule has 0 aliphatic carbocycles. The Bertz CT molecular complexity index is 1270. The van der Waals surface area contributed by atoms with Gasteiger partial charge in [0.15, 0.2) is 0 Å². The van der Waals surface area contributed by atoms with Gasteiger partial charge in [0.05, 0.1) is 30.3 Å². The number of halogens is 1. The summed E-state index contributed by atoms with van der Waals surface area (Å²) >= 11 is 0. The van der Waals surface area contributed by atoms with E-state index in [-0.39, 0.29) is 36.0 Å². The number of hydrogen-bond donors (Lipinski definition) is 0. The molecule has 9 heteroatoms. The number of allylic oxidation sites excluding steroid dienone is 1. The highest BCUT2D eigenvalue weighted by Gasteiger charge is 2.28. The van der Waals surface area contributed by atoms with Crippen LogP contribution in [-0.2, 0) is 33.4 Å². The van der Waals surface area contributed by atoms with E-state index in [1.54, 1.807) is 39.8 Å². The minimum atomic E-state index is -3.75. The Hall–Kier alpha value is -3.30. The van der Waals surface area contributed by atoms with Crippen molar-refractivity contribution in [2.75, 3.05) is 13.2 Å². The number of hydrogen-bond acceptors (Lipinski definition) is 5. The number of rotatable bonds is 10. The molecule has 1 fully saturated rings. The fourth-order valence-corrected chi connectivity index (χ4v) is 5.67.